The summed E-state index contributed by atoms with van der Waals surface area (Å²) in [5.74, 6) is 0.0875. The van der Waals surface area contributed by atoms with Crippen molar-refractivity contribution in [3.05, 3.63) is 24.2 Å². The maximum Gasteiger partial charge on any atom is 0.286 e. The summed E-state index contributed by atoms with van der Waals surface area (Å²) in [6.45, 7) is 3.28. The molecule has 18 heavy (non-hydrogen) atoms. The van der Waals surface area contributed by atoms with Crippen LogP contribution in [0.25, 0.3) is 0 Å². The van der Waals surface area contributed by atoms with Crippen LogP contribution < -0.4 is 10.6 Å². The number of carbonyl (C=O) groups is 2. The van der Waals surface area contributed by atoms with E-state index in [4.69, 9.17) is 4.42 Å². The van der Waals surface area contributed by atoms with Crippen LogP contribution in [-0.2, 0) is 4.79 Å². The second-order valence-electron chi connectivity index (χ2n) is 4.04. The highest BCUT2D eigenvalue weighted by molar-refractivity contribution is 5.91. The van der Waals surface area contributed by atoms with Gasteiger partial charge in [-0.25, -0.2) is 0 Å². The van der Waals surface area contributed by atoms with Gasteiger partial charge in [-0.2, -0.15) is 0 Å². The van der Waals surface area contributed by atoms with Crippen LogP contribution in [0.4, 0.5) is 0 Å². The van der Waals surface area contributed by atoms with E-state index in [1.165, 1.54) is 6.26 Å². The van der Waals surface area contributed by atoms with E-state index in [0.29, 0.717) is 25.1 Å². The van der Waals surface area contributed by atoms with Crippen molar-refractivity contribution in [3.8, 4) is 0 Å². The van der Waals surface area contributed by atoms with Crippen LogP contribution >= 0.6 is 0 Å². The molecule has 100 valence electrons. The van der Waals surface area contributed by atoms with Crippen LogP contribution in [0.2, 0.25) is 0 Å². The molecule has 5 heteroatoms. The monoisotopic (exact) mass is 252 g/mol. The van der Waals surface area contributed by atoms with Gasteiger partial charge in [-0.1, -0.05) is 13.3 Å². The molecule has 2 amide bonds. The Morgan fingerprint density at radius 2 is 2.00 bits per heavy atom. The molecule has 0 saturated carbocycles. The van der Waals surface area contributed by atoms with Crippen molar-refractivity contribution in [2.24, 2.45) is 0 Å². The molecule has 0 aliphatic heterocycles. The molecular formula is C13H20N2O3. The van der Waals surface area contributed by atoms with E-state index >= 15 is 0 Å². The lowest BCUT2D eigenvalue weighted by Gasteiger charge is -2.05. The predicted molar refractivity (Wildman–Crippen MR) is 68.2 cm³/mol. The van der Waals surface area contributed by atoms with Crippen molar-refractivity contribution in [1.29, 1.82) is 0 Å². The highest BCUT2D eigenvalue weighted by Gasteiger charge is 2.07. The first-order valence-electron chi connectivity index (χ1n) is 6.32. The largest absolute Gasteiger partial charge is 0.459 e. The highest BCUT2D eigenvalue weighted by atomic mass is 16.3. The maximum absolute atomic E-state index is 11.5. The Kier molecular flexibility index (Phi) is 6.61. The van der Waals surface area contributed by atoms with Crippen LogP contribution in [0.15, 0.2) is 22.8 Å². The van der Waals surface area contributed by atoms with E-state index in [-0.39, 0.29) is 11.8 Å². The summed E-state index contributed by atoms with van der Waals surface area (Å²) in [6.07, 6.45) is 4.59. The van der Waals surface area contributed by atoms with Gasteiger partial charge in [0.25, 0.3) is 5.91 Å². The summed E-state index contributed by atoms with van der Waals surface area (Å²) in [7, 11) is 0. The minimum atomic E-state index is -0.244. The molecule has 1 rings (SSSR count). The van der Waals surface area contributed by atoms with Gasteiger partial charge in [0.1, 0.15) is 0 Å². The van der Waals surface area contributed by atoms with Crippen LogP contribution in [0.3, 0.4) is 0 Å². The molecule has 2 N–H and O–H groups in total. The SMILES string of the molecule is CCCCNC(=O)CCCNC(=O)c1ccco1. The van der Waals surface area contributed by atoms with Crippen molar-refractivity contribution in [2.45, 2.75) is 32.6 Å². The van der Waals surface area contributed by atoms with Gasteiger partial charge in [-0.15, -0.1) is 0 Å². The van der Waals surface area contributed by atoms with Crippen molar-refractivity contribution in [3.63, 3.8) is 0 Å². The second kappa shape index (κ2) is 8.33. The number of furan rings is 1. The maximum atomic E-state index is 11.5. The summed E-state index contributed by atoms with van der Waals surface area (Å²) in [4.78, 5) is 22.8. The van der Waals surface area contributed by atoms with E-state index in [9.17, 15) is 9.59 Å². The van der Waals surface area contributed by atoms with Crippen molar-refractivity contribution in [2.75, 3.05) is 13.1 Å². The van der Waals surface area contributed by atoms with Crippen LogP contribution in [-0.4, -0.2) is 24.9 Å². The number of unbranched alkanes of at least 4 members (excludes halogenated alkanes) is 1. The fourth-order valence-electron chi connectivity index (χ4n) is 1.44. The number of nitrogens with one attached hydrogen (secondary N) is 2. The Bertz CT molecular complexity index is 360. The third-order valence-electron chi connectivity index (χ3n) is 2.46. The summed E-state index contributed by atoms with van der Waals surface area (Å²) in [6, 6.07) is 3.27. The summed E-state index contributed by atoms with van der Waals surface area (Å²) in [5, 5.41) is 5.52. The highest BCUT2D eigenvalue weighted by Crippen LogP contribution is 1.99. The second-order valence-corrected chi connectivity index (χ2v) is 4.04. The zero-order valence-electron chi connectivity index (χ0n) is 10.7. The van der Waals surface area contributed by atoms with Gasteiger partial charge in [0.05, 0.1) is 6.26 Å². The van der Waals surface area contributed by atoms with Crippen LogP contribution in [0.5, 0.6) is 0 Å². The van der Waals surface area contributed by atoms with Crippen molar-refractivity contribution in [1.82, 2.24) is 10.6 Å². The first kappa shape index (κ1) is 14.3. The van der Waals surface area contributed by atoms with Gasteiger partial charge in [-0.05, 0) is 25.0 Å². The minimum absolute atomic E-state index is 0.0377. The molecule has 0 fully saturated rings. The topological polar surface area (TPSA) is 71.3 Å². The molecule has 0 unspecified atom stereocenters. The Hall–Kier alpha value is -1.78. The molecule has 0 aliphatic rings. The van der Waals surface area contributed by atoms with Crippen molar-refractivity contribution >= 4 is 11.8 Å². The third kappa shape index (κ3) is 5.52. The van der Waals surface area contributed by atoms with Crippen molar-refractivity contribution < 1.29 is 14.0 Å². The minimum Gasteiger partial charge on any atom is -0.459 e. The molecule has 1 aromatic heterocycles. The average molecular weight is 252 g/mol. The van der Waals surface area contributed by atoms with Gasteiger partial charge in [-0.3, -0.25) is 9.59 Å². The molecule has 0 aromatic carbocycles. The molecule has 1 heterocycles. The standard InChI is InChI=1S/C13H20N2O3/c1-2-3-8-14-12(16)7-4-9-15-13(17)11-6-5-10-18-11/h5-6,10H,2-4,7-9H2,1H3,(H,14,16)(H,15,17). The molecule has 1 aromatic rings. The van der Waals surface area contributed by atoms with Gasteiger partial charge < -0.3 is 15.1 Å². The lowest BCUT2D eigenvalue weighted by molar-refractivity contribution is -0.121. The van der Waals surface area contributed by atoms with Gasteiger partial charge >= 0.3 is 0 Å². The lowest BCUT2D eigenvalue weighted by Crippen LogP contribution is -2.27. The number of rotatable bonds is 8. The van der Waals surface area contributed by atoms with E-state index < -0.39 is 0 Å². The van der Waals surface area contributed by atoms with E-state index in [1.807, 2.05) is 0 Å². The normalized spacial score (nSPS) is 10.1. The van der Waals surface area contributed by atoms with E-state index in [2.05, 4.69) is 17.6 Å². The number of hydrogen-bond donors (Lipinski definition) is 2. The third-order valence-corrected chi connectivity index (χ3v) is 2.46. The Balaban J connectivity index is 2.04. The molecule has 0 aliphatic carbocycles. The van der Waals surface area contributed by atoms with Crippen LogP contribution in [0.1, 0.15) is 43.2 Å². The van der Waals surface area contributed by atoms with Crippen LogP contribution in [0, 0.1) is 0 Å². The van der Waals surface area contributed by atoms with E-state index in [0.717, 1.165) is 19.4 Å². The first-order valence-corrected chi connectivity index (χ1v) is 6.32. The number of hydrogen-bond acceptors (Lipinski definition) is 3. The fraction of sp³-hybridized carbons (Fsp3) is 0.538. The van der Waals surface area contributed by atoms with E-state index in [1.54, 1.807) is 12.1 Å². The average Bonchev–Trinajstić information content (AvgIpc) is 2.88. The quantitative estimate of drug-likeness (QED) is 0.692. The number of carbonyl (C=O) groups excluding carboxylic acids is 2. The Morgan fingerprint density at radius 3 is 2.67 bits per heavy atom. The first-order chi connectivity index (χ1) is 8.74. The molecule has 0 atom stereocenters. The summed E-state index contributed by atoms with van der Waals surface area (Å²) in [5.41, 5.74) is 0. The van der Waals surface area contributed by atoms with Gasteiger partial charge in [0.2, 0.25) is 5.91 Å². The molecule has 0 bridgehead atoms. The number of amides is 2. The summed E-state index contributed by atoms with van der Waals surface area (Å²) >= 11 is 0. The molecule has 5 nitrogen and oxygen atoms in total. The Morgan fingerprint density at radius 1 is 1.22 bits per heavy atom. The summed E-state index contributed by atoms with van der Waals surface area (Å²) < 4.78 is 4.95. The molecule has 0 spiro atoms. The Labute approximate surface area is 107 Å². The molecule has 0 saturated heterocycles. The van der Waals surface area contributed by atoms with Gasteiger partial charge in [0, 0.05) is 19.5 Å². The zero-order valence-corrected chi connectivity index (χ0v) is 10.7. The lowest BCUT2D eigenvalue weighted by atomic mass is 10.2. The zero-order chi connectivity index (χ0) is 13.2. The molecule has 0 radical (unpaired) electrons. The smallest absolute Gasteiger partial charge is 0.286 e. The predicted octanol–water partition coefficient (Wildman–Crippen LogP) is 1.71. The fourth-order valence-corrected chi connectivity index (χ4v) is 1.44. The van der Waals surface area contributed by atoms with Gasteiger partial charge in [0.15, 0.2) is 5.76 Å². The molecular weight excluding hydrogens is 232 g/mol.